The van der Waals surface area contributed by atoms with Crippen molar-refractivity contribution < 1.29 is 22.9 Å². The van der Waals surface area contributed by atoms with E-state index in [9.17, 15) is 28.1 Å². The first-order valence-electron chi connectivity index (χ1n) is 9.15. The maximum absolute atomic E-state index is 12.7. The number of carbonyl (C=O) groups is 1. The van der Waals surface area contributed by atoms with E-state index in [1.807, 2.05) is 43.3 Å². The highest BCUT2D eigenvalue weighted by Crippen LogP contribution is 2.34. The number of nitro groups is 1. The van der Waals surface area contributed by atoms with Crippen molar-refractivity contribution in [1.29, 1.82) is 0 Å². The first kappa shape index (κ1) is 23.1. The van der Waals surface area contributed by atoms with Gasteiger partial charge in [-0.3, -0.25) is 14.9 Å². The van der Waals surface area contributed by atoms with Crippen molar-refractivity contribution in [2.45, 2.75) is 25.7 Å². The van der Waals surface area contributed by atoms with Crippen molar-refractivity contribution in [3.8, 4) is 0 Å². The van der Waals surface area contributed by atoms with Crippen LogP contribution in [0, 0.1) is 10.1 Å². The first-order chi connectivity index (χ1) is 14.1. The third-order valence-corrected chi connectivity index (χ3v) is 4.20. The molecule has 0 bridgehead atoms. The topological polar surface area (TPSA) is 87.5 Å². The molecule has 7 nitrogen and oxygen atoms in total. The summed E-state index contributed by atoms with van der Waals surface area (Å²) in [5.41, 5.74) is 0.212. The number of carbonyl (C=O) groups excluding carboxylic acids is 1. The normalized spacial score (nSPS) is 11.4. The lowest BCUT2D eigenvalue weighted by Crippen LogP contribution is -2.25. The zero-order valence-electron chi connectivity index (χ0n) is 16.6. The Morgan fingerprint density at radius 3 is 2.30 bits per heavy atom. The summed E-state index contributed by atoms with van der Waals surface area (Å²) in [6.45, 7) is 1.19. The van der Waals surface area contributed by atoms with Gasteiger partial charge in [0.25, 0.3) is 5.69 Å². The summed E-state index contributed by atoms with van der Waals surface area (Å²) in [5, 5.41) is 16.4. The summed E-state index contributed by atoms with van der Waals surface area (Å²) in [6, 6.07) is 10.0. The monoisotopic (exact) mass is 424 g/mol. The second-order valence-corrected chi connectivity index (χ2v) is 6.99. The van der Waals surface area contributed by atoms with Crippen LogP contribution >= 0.6 is 0 Å². The number of amides is 1. The smallest absolute Gasteiger partial charge is 0.379 e. The van der Waals surface area contributed by atoms with Crippen LogP contribution < -0.4 is 10.6 Å². The number of nitrogens with zero attached hydrogens (tertiary/aromatic N) is 2. The number of hydrogen-bond donors (Lipinski definition) is 2. The minimum atomic E-state index is -4.67. The SMILES string of the molecule is CN(C)Cc1ccc(CNC(=O)CCNc2ccc(C(F)(F)F)cc2[N+](=O)[O-])cc1. The molecule has 0 atom stereocenters. The Kier molecular flexibility index (Phi) is 7.76. The quantitative estimate of drug-likeness (QED) is 0.472. The average molecular weight is 424 g/mol. The number of hydrogen-bond acceptors (Lipinski definition) is 5. The molecule has 1 amide bonds. The Morgan fingerprint density at radius 2 is 1.73 bits per heavy atom. The van der Waals surface area contributed by atoms with Crippen LogP contribution in [0.25, 0.3) is 0 Å². The van der Waals surface area contributed by atoms with E-state index in [0.717, 1.165) is 29.8 Å². The van der Waals surface area contributed by atoms with Crippen molar-refractivity contribution >= 4 is 17.3 Å². The molecule has 0 fully saturated rings. The van der Waals surface area contributed by atoms with E-state index in [1.54, 1.807) is 0 Å². The number of nitro benzene ring substituents is 1. The molecule has 0 aliphatic heterocycles. The van der Waals surface area contributed by atoms with Crippen LogP contribution in [0.4, 0.5) is 24.5 Å². The van der Waals surface area contributed by atoms with Crippen LogP contribution in [0.2, 0.25) is 0 Å². The predicted octanol–water partition coefficient (Wildman–Crippen LogP) is 3.79. The summed E-state index contributed by atoms with van der Waals surface area (Å²) in [4.78, 5) is 24.2. The van der Waals surface area contributed by atoms with Gasteiger partial charge in [-0.2, -0.15) is 13.2 Å². The maximum Gasteiger partial charge on any atom is 0.416 e. The summed E-state index contributed by atoms with van der Waals surface area (Å²) in [7, 11) is 3.95. The minimum absolute atomic E-state index is 0.0108. The van der Waals surface area contributed by atoms with Gasteiger partial charge in [0.1, 0.15) is 5.69 Å². The van der Waals surface area contributed by atoms with Gasteiger partial charge < -0.3 is 15.5 Å². The highest BCUT2D eigenvalue weighted by atomic mass is 19.4. The van der Waals surface area contributed by atoms with Crippen LogP contribution in [0.5, 0.6) is 0 Å². The zero-order valence-corrected chi connectivity index (χ0v) is 16.6. The van der Waals surface area contributed by atoms with E-state index in [-0.39, 0.29) is 24.6 Å². The molecule has 30 heavy (non-hydrogen) atoms. The second-order valence-electron chi connectivity index (χ2n) is 6.99. The lowest BCUT2D eigenvalue weighted by atomic mass is 10.1. The van der Waals surface area contributed by atoms with Crippen molar-refractivity contribution in [2.24, 2.45) is 0 Å². The molecule has 0 saturated carbocycles. The van der Waals surface area contributed by atoms with Gasteiger partial charge in [-0.1, -0.05) is 24.3 Å². The van der Waals surface area contributed by atoms with Gasteiger partial charge in [0.2, 0.25) is 5.91 Å². The number of nitrogens with one attached hydrogen (secondary N) is 2. The highest BCUT2D eigenvalue weighted by molar-refractivity contribution is 5.76. The van der Waals surface area contributed by atoms with Crippen molar-refractivity contribution in [1.82, 2.24) is 10.2 Å². The standard InChI is InChI=1S/C20H23F3N4O3/c1-26(2)13-15-5-3-14(4-6-15)12-25-19(28)9-10-24-17-8-7-16(20(21,22)23)11-18(17)27(29)30/h3-8,11,24H,9-10,12-13H2,1-2H3,(H,25,28). The Balaban J connectivity index is 1.85. The minimum Gasteiger partial charge on any atom is -0.379 e. The Hall–Kier alpha value is -3.14. The number of halogens is 3. The van der Waals surface area contributed by atoms with Crippen molar-refractivity contribution in [3.05, 3.63) is 69.3 Å². The molecule has 2 rings (SSSR count). The molecular weight excluding hydrogens is 401 g/mol. The van der Waals surface area contributed by atoms with E-state index in [2.05, 4.69) is 10.6 Å². The molecule has 0 heterocycles. The zero-order chi connectivity index (χ0) is 22.3. The van der Waals surface area contributed by atoms with Gasteiger partial charge >= 0.3 is 6.18 Å². The van der Waals surface area contributed by atoms with E-state index in [1.165, 1.54) is 0 Å². The molecule has 2 N–H and O–H groups in total. The van der Waals surface area contributed by atoms with Crippen LogP contribution in [-0.4, -0.2) is 36.4 Å². The third kappa shape index (κ3) is 7.03. The average Bonchev–Trinajstić information content (AvgIpc) is 2.66. The Labute approximate surface area is 172 Å². The van der Waals surface area contributed by atoms with Gasteiger partial charge in [0.15, 0.2) is 0 Å². The molecule has 0 saturated heterocycles. The Bertz CT molecular complexity index is 884. The predicted molar refractivity (Wildman–Crippen MR) is 107 cm³/mol. The first-order valence-corrected chi connectivity index (χ1v) is 9.15. The number of anilines is 1. The van der Waals surface area contributed by atoms with Crippen LogP contribution in [0.15, 0.2) is 42.5 Å². The van der Waals surface area contributed by atoms with Crippen LogP contribution in [0.3, 0.4) is 0 Å². The lowest BCUT2D eigenvalue weighted by molar-refractivity contribution is -0.384. The molecule has 0 aliphatic carbocycles. The summed E-state index contributed by atoms with van der Waals surface area (Å²) < 4.78 is 38.2. The third-order valence-electron chi connectivity index (χ3n) is 4.20. The molecule has 10 heteroatoms. The molecule has 0 unspecified atom stereocenters. The van der Waals surface area contributed by atoms with Crippen LogP contribution in [0.1, 0.15) is 23.1 Å². The van der Waals surface area contributed by atoms with Crippen molar-refractivity contribution in [3.63, 3.8) is 0 Å². The lowest BCUT2D eigenvalue weighted by Gasteiger charge is -2.11. The molecule has 0 spiro atoms. The number of alkyl halides is 3. The van der Waals surface area contributed by atoms with Crippen LogP contribution in [-0.2, 0) is 24.1 Å². The molecule has 0 radical (unpaired) electrons. The highest BCUT2D eigenvalue weighted by Gasteiger charge is 2.33. The molecule has 2 aromatic rings. The second kappa shape index (κ2) is 10.1. The largest absolute Gasteiger partial charge is 0.416 e. The summed E-state index contributed by atoms with van der Waals surface area (Å²) in [6.07, 6.45) is -4.66. The van der Waals surface area contributed by atoms with Crippen molar-refractivity contribution in [2.75, 3.05) is 26.0 Å². The fraction of sp³-hybridized carbons (Fsp3) is 0.350. The van der Waals surface area contributed by atoms with Gasteiger partial charge in [0.05, 0.1) is 10.5 Å². The maximum atomic E-state index is 12.7. The van der Waals surface area contributed by atoms with E-state index in [4.69, 9.17) is 0 Å². The van der Waals surface area contributed by atoms with Gasteiger partial charge in [-0.15, -0.1) is 0 Å². The van der Waals surface area contributed by atoms with Gasteiger partial charge in [-0.25, -0.2) is 0 Å². The Morgan fingerprint density at radius 1 is 1.10 bits per heavy atom. The molecule has 0 aromatic heterocycles. The molecule has 0 aliphatic rings. The van der Waals surface area contributed by atoms with Gasteiger partial charge in [0, 0.05) is 32.1 Å². The fourth-order valence-electron chi connectivity index (χ4n) is 2.74. The van der Waals surface area contributed by atoms with Gasteiger partial charge in [-0.05, 0) is 37.4 Å². The summed E-state index contributed by atoms with van der Waals surface area (Å²) >= 11 is 0. The number of benzene rings is 2. The molecular formula is C20H23F3N4O3. The van der Waals surface area contributed by atoms with E-state index in [0.29, 0.717) is 12.6 Å². The number of rotatable bonds is 9. The van der Waals surface area contributed by atoms with E-state index < -0.39 is 22.4 Å². The summed E-state index contributed by atoms with van der Waals surface area (Å²) in [5.74, 6) is -0.283. The fourth-order valence-corrected chi connectivity index (χ4v) is 2.74. The van der Waals surface area contributed by atoms with E-state index >= 15 is 0 Å². The molecule has 2 aromatic carbocycles. The molecule has 162 valence electrons.